The first-order valence-electron chi connectivity index (χ1n) is 8.49. The van der Waals surface area contributed by atoms with Gasteiger partial charge in [-0.3, -0.25) is 4.79 Å². The van der Waals surface area contributed by atoms with Crippen molar-refractivity contribution in [3.63, 3.8) is 0 Å². The second kappa shape index (κ2) is 8.10. The maximum atomic E-state index is 13.1. The normalized spacial score (nSPS) is 12.1. The minimum atomic E-state index is -3.99. The van der Waals surface area contributed by atoms with E-state index in [1.165, 1.54) is 36.5 Å². The number of rotatable bonds is 6. The molecule has 2 aromatic carbocycles. The number of halogens is 1. The van der Waals surface area contributed by atoms with Crippen molar-refractivity contribution in [1.29, 1.82) is 0 Å². The molecule has 1 aromatic heterocycles. The Morgan fingerprint density at radius 1 is 1.17 bits per heavy atom. The topological polar surface area (TPSA) is 103 Å². The molecule has 150 valence electrons. The molecule has 1 heterocycles. The number of ketones is 1. The zero-order valence-electron chi connectivity index (χ0n) is 15.2. The van der Waals surface area contributed by atoms with Crippen molar-refractivity contribution >= 4 is 50.0 Å². The molecule has 29 heavy (non-hydrogen) atoms. The lowest BCUT2D eigenvalue weighted by molar-refractivity contribution is -0.151. The molecule has 0 amide bonds. The third-order valence-electron chi connectivity index (χ3n) is 4.05. The SMILES string of the molecule is CCOC(=O)C(=O)C=C(O)c1cn(S(=O)(=O)c2ccccc2)c2ccc(Cl)cc12. The van der Waals surface area contributed by atoms with E-state index in [2.05, 4.69) is 4.74 Å². The van der Waals surface area contributed by atoms with Gasteiger partial charge < -0.3 is 9.84 Å². The smallest absolute Gasteiger partial charge is 0.379 e. The highest BCUT2D eigenvalue weighted by Gasteiger charge is 2.23. The van der Waals surface area contributed by atoms with Crippen LogP contribution in [0.25, 0.3) is 16.7 Å². The molecular formula is C20H16ClNO6S. The van der Waals surface area contributed by atoms with Crippen LogP contribution in [0.5, 0.6) is 0 Å². The molecule has 0 aliphatic carbocycles. The van der Waals surface area contributed by atoms with Crippen LogP contribution in [0.2, 0.25) is 5.02 Å². The maximum absolute atomic E-state index is 13.1. The Morgan fingerprint density at radius 2 is 1.86 bits per heavy atom. The fraction of sp³-hybridized carbons (Fsp3) is 0.100. The lowest BCUT2D eigenvalue weighted by atomic mass is 10.1. The summed E-state index contributed by atoms with van der Waals surface area (Å²) in [5.74, 6) is -2.78. The highest BCUT2D eigenvalue weighted by atomic mass is 35.5. The van der Waals surface area contributed by atoms with Crippen LogP contribution in [0.3, 0.4) is 0 Å². The summed E-state index contributed by atoms with van der Waals surface area (Å²) in [7, 11) is -3.99. The zero-order chi connectivity index (χ0) is 21.2. The minimum Gasteiger partial charge on any atom is -0.507 e. The quantitative estimate of drug-likeness (QED) is 0.276. The Bertz CT molecular complexity index is 1230. The van der Waals surface area contributed by atoms with E-state index in [1.54, 1.807) is 25.1 Å². The highest BCUT2D eigenvalue weighted by molar-refractivity contribution is 7.90. The van der Waals surface area contributed by atoms with Crippen molar-refractivity contribution in [3.8, 4) is 0 Å². The Hall–Kier alpha value is -3.10. The van der Waals surface area contributed by atoms with E-state index in [-0.39, 0.29) is 22.6 Å². The molecule has 0 unspecified atom stereocenters. The number of ether oxygens (including phenoxy) is 1. The van der Waals surface area contributed by atoms with Gasteiger partial charge in [-0.2, -0.15) is 0 Å². The van der Waals surface area contributed by atoms with Gasteiger partial charge in [0.05, 0.1) is 17.0 Å². The van der Waals surface area contributed by atoms with Crippen molar-refractivity contribution in [2.24, 2.45) is 0 Å². The summed E-state index contributed by atoms with van der Waals surface area (Å²) in [6, 6.07) is 12.2. The lowest BCUT2D eigenvalue weighted by Crippen LogP contribution is -2.15. The van der Waals surface area contributed by atoms with Gasteiger partial charge >= 0.3 is 5.97 Å². The van der Waals surface area contributed by atoms with E-state index in [4.69, 9.17) is 11.6 Å². The fourth-order valence-corrected chi connectivity index (χ4v) is 4.31. The molecule has 7 nitrogen and oxygen atoms in total. The monoisotopic (exact) mass is 433 g/mol. The first kappa shape index (κ1) is 20.6. The first-order chi connectivity index (χ1) is 13.8. The van der Waals surface area contributed by atoms with E-state index in [9.17, 15) is 23.1 Å². The second-order valence-electron chi connectivity index (χ2n) is 5.93. The van der Waals surface area contributed by atoms with Gasteiger partial charge in [0.25, 0.3) is 15.8 Å². The van der Waals surface area contributed by atoms with E-state index in [0.717, 1.165) is 3.97 Å². The van der Waals surface area contributed by atoms with Crippen LogP contribution in [0, 0.1) is 0 Å². The number of carbonyl (C=O) groups is 2. The number of aliphatic hydroxyl groups excluding tert-OH is 1. The lowest BCUT2D eigenvalue weighted by Gasteiger charge is -2.07. The molecule has 0 bridgehead atoms. The molecule has 1 N–H and O–H groups in total. The summed E-state index contributed by atoms with van der Waals surface area (Å²) in [6.07, 6.45) is 1.86. The van der Waals surface area contributed by atoms with Gasteiger partial charge in [-0.1, -0.05) is 29.8 Å². The van der Waals surface area contributed by atoms with Gasteiger partial charge in [0, 0.05) is 28.2 Å². The third-order valence-corrected chi connectivity index (χ3v) is 5.98. The number of aliphatic hydroxyl groups is 1. The van der Waals surface area contributed by atoms with Gasteiger partial charge in [-0.05, 0) is 37.3 Å². The second-order valence-corrected chi connectivity index (χ2v) is 8.18. The Morgan fingerprint density at radius 3 is 2.52 bits per heavy atom. The summed E-state index contributed by atoms with van der Waals surface area (Å²) in [5.41, 5.74) is 0.274. The fourth-order valence-electron chi connectivity index (χ4n) is 2.74. The van der Waals surface area contributed by atoms with E-state index in [1.807, 2.05) is 0 Å². The molecule has 3 aromatic rings. The van der Waals surface area contributed by atoms with Crippen molar-refractivity contribution in [1.82, 2.24) is 3.97 Å². The maximum Gasteiger partial charge on any atom is 0.379 e. The average molecular weight is 434 g/mol. The average Bonchev–Trinajstić information content (AvgIpc) is 3.08. The molecule has 0 aliphatic rings. The summed E-state index contributed by atoms with van der Waals surface area (Å²) in [6.45, 7) is 1.54. The van der Waals surface area contributed by atoms with Gasteiger partial charge in [-0.25, -0.2) is 17.2 Å². The number of fused-ring (bicyclic) bond motifs is 1. The molecule has 0 fully saturated rings. The van der Waals surface area contributed by atoms with Crippen LogP contribution >= 0.6 is 11.6 Å². The third kappa shape index (κ3) is 4.03. The van der Waals surface area contributed by atoms with Gasteiger partial charge in [0.1, 0.15) is 5.76 Å². The molecule has 0 atom stereocenters. The van der Waals surface area contributed by atoms with Crippen LogP contribution in [-0.2, 0) is 24.3 Å². The molecule has 0 spiro atoms. The molecule has 3 rings (SSSR count). The molecule has 9 heteroatoms. The Kier molecular flexibility index (Phi) is 5.76. The first-order valence-corrected chi connectivity index (χ1v) is 10.3. The number of hydrogen-bond donors (Lipinski definition) is 1. The highest BCUT2D eigenvalue weighted by Crippen LogP contribution is 2.31. The number of carbonyl (C=O) groups excluding carboxylic acids is 2. The predicted molar refractivity (Wildman–Crippen MR) is 108 cm³/mol. The van der Waals surface area contributed by atoms with Crippen LogP contribution < -0.4 is 0 Å². The standard InChI is InChI=1S/C20H16ClNO6S/c1-2-28-20(25)19(24)11-18(23)16-12-22(17-9-8-13(21)10-15(16)17)29(26,27)14-6-4-3-5-7-14/h3-12,23H,2H2,1H3. The zero-order valence-corrected chi connectivity index (χ0v) is 16.8. The van der Waals surface area contributed by atoms with Crippen LogP contribution in [0.15, 0.2) is 65.7 Å². The van der Waals surface area contributed by atoms with Crippen molar-refractivity contribution in [3.05, 3.63) is 71.4 Å². The number of hydrogen-bond acceptors (Lipinski definition) is 6. The van der Waals surface area contributed by atoms with Crippen molar-refractivity contribution in [2.45, 2.75) is 11.8 Å². The largest absolute Gasteiger partial charge is 0.507 e. The van der Waals surface area contributed by atoms with E-state index >= 15 is 0 Å². The Balaban J connectivity index is 2.19. The van der Waals surface area contributed by atoms with Gasteiger partial charge in [0.15, 0.2) is 0 Å². The summed E-state index contributed by atoms with van der Waals surface area (Å²) >= 11 is 6.03. The molecular weight excluding hydrogens is 418 g/mol. The van der Waals surface area contributed by atoms with Crippen molar-refractivity contribution < 1.29 is 27.9 Å². The summed E-state index contributed by atoms with van der Waals surface area (Å²) < 4.78 is 31.7. The Labute approximate surface area is 171 Å². The summed E-state index contributed by atoms with van der Waals surface area (Å²) in [5, 5.41) is 11.0. The van der Waals surface area contributed by atoms with Gasteiger partial charge in [0.2, 0.25) is 0 Å². The van der Waals surface area contributed by atoms with E-state index < -0.39 is 27.5 Å². The van der Waals surface area contributed by atoms with Crippen LogP contribution in [0.4, 0.5) is 0 Å². The number of nitrogens with zero attached hydrogens (tertiary/aromatic N) is 1. The molecule has 0 saturated carbocycles. The van der Waals surface area contributed by atoms with Crippen LogP contribution in [0.1, 0.15) is 12.5 Å². The predicted octanol–water partition coefficient (Wildman–Crippen LogP) is 3.56. The number of aromatic nitrogens is 1. The molecule has 0 saturated heterocycles. The van der Waals surface area contributed by atoms with Crippen molar-refractivity contribution in [2.75, 3.05) is 6.61 Å². The molecule has 0 aliphatic heterocycles. The number of esters is 1. The minimum absolute atomic E-state index is 0.00338. The number of benzene rings is 2. The molecule has 0 radical (unpaired) electrons. The summed E-state index contributed by atoms with van der Waals surface area (Å²) in [4.78, 5) is 23.5. The van der Waals surface area contributed by atoms with Crippen LogP contribution in [-0.4, -0.2) is 35.9 Å². The van der Waals surface area contributed by atoms with E-state index in [0.29, 0.717) is 16.5 Å². The van der Waals surface area contributed by atoms with Gasteiger partial charge in [-0.15, -0.1) is 0 Å².